The quantitative estimate of drug-likeness (QED) is 0.805. The van der Waals surface area contributed by atoms with Crippen molar-refractivity contribution in [3.63, 3.8) is 0 Å². The number of carbonyl (C=O) groups is 2. The zero-order valence-corrected chi connectivity index (χ0v) is 12.9. The van der Waals surface area contributed by atoms with Crippen LogP contribution in [-0.2, 0) is 9.59 Å². The Balaban J connectivity index is 2.09. The number of likely N-dealkylation sites (tertiary alicyclic amines) is 1. The number of rotatable bonds is 4. The van der Waals surface area contributed by atoms with Gasteiger partial charge in [0.05, 0.1) is 17.6 Å². The van der Waals surface area contributed by atoms with Crippen LogP contribution in [0.25, 0.3) is 0 Å². The van der Waals surface area contributed by atoms with Crippen molar-refractivity contribution in [3.8, 4) is 0 Å². The van der Waals surface area contributed by atoms with Crippen LogP contribution in [0.3, 0.4) is 0 Å². The van der Waals surface area contributed by atoms with Crippen molar-refractivity contribution in [3.05, 3.63) is 0 Å². The van der Waals surface area contributed by atoms with E-state index in [-0.39, 0.29) is 18.4 Å². The molecule has 2 aliphatic rings. The van der Waals surface area contributed by atoms with E-state index < -0.39 is 11.0 Å². The largest absolute Gasteiger partial charge is 0.388 e. The van der Waals surface area contributed by atoms with Crippen molar-refractivity contribution in [1.29, 1.82) is 0 Å². The normalized spacial score (nSPS) is 30.4. The van der Waals surface area contributed by atoms with Crippen LogP contribution in [0.1, 0.15) is 65.7 Å². The van der Waals surface area contributed by atoms with Gasteiger partial charge in [0.1, 0.15) is 0 Å². The van der Waals surface area contributed by atoms with Gasteiger partial charge in [-0.25, -0.2) is 0 Å². The number of hydrogen-bond donors (Lipinski definition) is 1. The Labute approximate surface area is 121 Å². The fraction of sp³-hybridized carbons (Fsp3) is 0.875. The lowest BCUT2D eigenvalue weighted by Gasteiger charge is -2.35. The molecule has 2 fully saturated rings. The summed E-state index contributed by atoms with van der Waals surface area (Å²) in [6.07, 6.45) is 5.52. The molecule has 0 spiro atoms. The third-order valence-corrected chi connectivity index (χ3v) is 4.70. The molecule has 0 aromatic carbocycles. The second-order valence-electron chi connectivity index (χ2n) is 7.41. The maximum absolute atomic E-state index is 12.6. The van der Waals surface area contributed by atoms with Gasteiger partial charge in [0.15, 0.2) is 0 Å². The van der Waals surface area contributed by atoms with Gasteiger partial charge in [-0.15, -0.1) is 0 Å². The topological polar surface area (TPSA) is 57.6 Å². The number of nitrogens with zero attached hydrogens (tertiary/aromatic N) is 1. The second-order valence-corrected chi connectivity index (χ2v) is 7.41. The number of hydrogen-bond acceptors (Lipinski definition) is 3. The first kappa shape index (κ1) is 15.5. The standard InChI is InChI=1S/C16H27NO3/c1-12(2)9-15(3)10-13(18)17(14(15)19)11-16(20)7-5-4-6-8-16/h12,20H,4-11H2,1-3H3. The predicted octanol–water partition coefficient (Wildman–Crippen LogP) is 2.49. The van der Waals surface area contributed by atoms with Crippen molar-refractivity contribution >= 4 is 11.8 Å². The van der Waals surface area contributed by atoms with E-state index in [4.69, 9.17) is 0 Å². The Hall–Kier alpha value is -0.900. The number of imide groups is 1. The average molecular weight is 281 g/mol. The van der Waals surface area contributed by atoms with Gasteiger partial charge in [0, 0.05) is 6.42 Å². The van der Waals surface area contributed by atoms with Gasteiger partial charge in [-0.3, -0.25) is 14.5 Å². The van der Waals surface area contributed by atoms with Gasteiger partial charge in [0.25, 0.3) is 0 Å². The lowest BCUT2D eigenvalue weighted by atomic mass is 9.80. The minimum absolute atomic E-state index is 0.0878. The zero-order chi connectivity index (χ0) is 15.0. The van der Waals surface area contributed by atoms with Crippen molar-refractivity contribution in [2.75, 3.05) is 6.54 Å². The summed E-state index contributed by atoms with van der Waals surface area (Å²) in [5, 5.41) is 10.6. The second kappa shape index (κ2) is 5.47. The van der Waals surface area contributed by atoms with Crippen molar-refractivity contribution in [2.24, 2.45) is 11.3 Å². The maximum atomic E-state index is 12.6. The van der Waals surface area contributed by atoms with Crippen LogP contribution in [0, 0.1) is 11.3 Å². The van der Waals surface area contributed by atoms with Crippen LogP contribution in [0.2, 0.25) is 0 Å². The van der Waals surface area contributed by atoms with E-state index in [0.29, 0.717) is 25.2 Å². The van der Waals surface area contributed by atoms with Gasteiger partial charge in [-0.05, 0) is 25.2 Å². The molecule has 1 N–H and O–H groups in total. The van der Waals surface area contributed by atoms with E-state index in [2.05, 4.69) is 13.8 Å². The lowest BCUT2D eigenvalue weighted by molar-refractivity contribution is -0.146. The SMILES string of the molecule is CC(C)CC1(C)CC(=O)N(CC2(O)CCCCC2)C1=O. The number of β-amino-alcohol motifs (C(OH)–C–C–N with tert-alkyl or cyclic N) is 1. The predicted molar refractivity (Wildman–Crippen MR) is 76.9 cm³/mol. The third kappa shape index (κ3) is 3.05. The fourth-order valence-electron chi connectivity index (χ4n) is 3.83. The summed E-state index contributed by atoms with van der Waals surface area (Å²) in [6.45, 7) is 6.22. The molecule has 1 saturated carbocycles. The Morgan fingerprint density at radius 1 is 1.20 bits per heavy atom. The van der Waals surface area contributed by atoms with Crippen molar-refractivity contribution in [1.82, 2.24) is 4.90 Å². The van der Waals surface area contributed by atoms with Crippen molar-refractivity contribution in [2.45, 2.75) is 71.3 Å². The van der Waals surface area contributed by atoms with E-state index in [9.17, 15) is 14.7 Å². The first-order chi connectivity index (χ1) is 9.26. The molecule has 2 rings (SSSR count). The van der Waals surface area contributed by atoms with Gasteiger partial charge >= 0.3 is 0 Å². The highest BCUT2D eigenvalue weighted by atomic mass is 16.3. The highest BCUT2D eigenvalue weighted by molar-refractivity contribution is 6.05. The Kier molecular flexibility index (Phi) is 4.24. The minimum atomic E-state index is -0.855. The summed E-state index contributed by atoms with van der Waals surface area (Å²) >= 11 is 0. The zero-order valence-electron chi connectivity index (χ0n) is 12.9. The summed E-state index contributed by atoms with van der Waals surface area (Å²) in [4.78, 5) is 26.1. The van der Waals surface area contributed by atoms with E-state index in [1.54, 1.807) is 0 Å². The van der Waals surface area contributed by atoms with Crippen LogP contribution in [0.5, 0.6) is 0 Å². The van der Waals surface area contributed by atoms with E-state index in [0.717, 1.165) is 25.7 Å². The van der Waals surface area contributed by atoms with Gasteiger partial charge in [0.2, 0.25) is 11.8 Å². The lowest BCUT2D eigenvalue weighted by Crippen LogP contribution is -2.47. The molecular weight excluding hydrogens is 254 g/mol. The molecule has 1 aliphatic heterocycles. The summed E-state index contributed by atoms with van der Waals surface area (Å²) in [6, 6.07) is 0. The first-order valence-corrected chi connectivity index (χ1v) is 7.83. The molecule has 4 nitrogen and oxygen atoms in total. The summed E-state index contributed by atoms with van der Waals surface area (Å²) in [5.74, 6) is 0.182. The molecule has 20 heavy (non-hydrogen) atoms. The number of amides is 2. The highest BCUT2D eigenvalue weighted by Gasteiger charge is 2.50. The van der Waals surface area contributed by atoms with Gasteiger partial charge in [-0.1, -0.05) is 40.0 Å². The third-order valence-electron chi connectivity index (χ3n) is 4.70. The molecule has 1 unspecified atom stereocenters. The fourth-order valence-corrected chi connectivity index (χ4v) is 3.83. The first-order valence-electron chi connectivity index (χ1n) is 7.83. The molecule has 1 heterocycles. The molecule has 0 aromatic heterocycles. The molecule has 1 atom stereocenters. The molecule has 0 bridgehead atoms. The molecule has 1 saturated heterocycles. The van der Waals surface area contributed by atoms with Crippen LogP contribution < -0.4 is 0 Å². The van der Waals surface area contributed by atoms with E-state index in [1.807, 2.05) is 6.92 Å². The molecule has 0 radical (unpaired) electrons. The van der Waals surface area contributed by atoms with Gasteiger partial charge in [-0.2, -0.15) is 0 Å². The molecule has 114 valence electrons. The summed E-state index contributed by atoms with van der Waals surface area (Å²) < 4.78 is 0. The van der Waals surface area contributed by atoms with Crippen LogP contribution in [0.4, 0.5) is 0 Å². The number of carbonyl (C=O) groups excluding carboxylic acids is 2. The van der Waals surface area contributed by atoms with Crippen molar-refractivity contribution < 1.29 is 14.7 Å². The summed E-state index contributed by atoms with van der Waals surface area (Å²) in [7, 11) is 0. The van der Waals surface area contributed by atoms with Crippen LogP contribution in [-0.4, -0.2) is 34.0 Å². The number of aliphatic hydroxyl groups is 1. The molecule has 4 heteroatoms. The average Bonchev–Trinajstić information content (AvgIpc) is 2.52. The minimum Gasteiger partial charge on any atom is -0.388 e. The maximum Gasteiger partial charge on any atom is 0.235 e. The Morgan fingerprint density at radius 2 is 1.80 bits per heavy atom. The summed E-state index contributed by atoms with van der Waals surface area (Å²) in [5.41, 5.74) is -1.43. The molecule has 1 aliphatic carbocycles. The van der Waals surface area contributed by atoms with E-state index in [1.165, 1.54) is 4.90 Å². The smallest absolute Gasteiger partial charge is 0.235 e. The Bertz CT molecular complexity index is 399. The molecule has 2 amide bonds. The molecule has 0 aromatic rings. The van der Waals surface area contributed by atoms with Crippen LogP contribution >= 0.6 is 0 Å². The molecular formula is C16H27NO3. The highest BCUT2D eigenvalue weighted by Crippen LogP contribution is 2.40. The van der Waals surface area contributed by atoms with E-state index >= 15 is 0 Å². The Morgan fingerprint density at radius 3 is 2.35 bits per heavy atom. The van der Waals surface area contributed by atoms with Gasteiger partial charge < -0.3 is 5.11 Å². The monoisotopic (exact) mass is 281 g/mol. The van der Waals surface area contributed by atoms with Crippen LogP contribution in [0.15, 0.2) is 0 Å².